The van der Waals surface area contributed by atoms with Gasteiger partial charge >= 0.3 is 0 Å². The highest BCUT2D eigenvalue weighted by Crippen LogP contribution is 2.31. The van der Waals surface area contributed by atoms with Crippen molar-refractivity contribution in [3.63, 3.8) is 0 Å². The molecule has 56 heavy (non-hydrogen) atoms. The Kier molecular flexibility index (Phi) is 16.6. The van der Waals surface area contributed by atoms with E-state index in [-0.39, 0.29) is 13.6 Å². The van der Waals surface area contributed by atoms with Crippen LogP contribution in [0, 0.1) is 13.8 Å². The van der Waals surface area contributed by atoms with E-state index < -0.39 is 22.7 Å². The number of carbonyl (C=O) groups excluding carboxylic acids is 1. The number of benzene rings is 5. The molecular weight excluding hydrogens is 741 g/mol. The number of carbonyl (C=O) groups is 1. The van der Waals surface area contributed by atoms with Crippen LogP contribution >= 0.6 is 0 Å². The molecule has 5 rings (SSSR count). The van der Waals surface area contributed by atoms with Crippen LogP contribution in [0.3, 0.4) is 0 Å². The summed E-state index contributed by atoms with van der Waals surface area (Å²) >= 11 is 0. The van der Waals surface area contributed by atoms with Crippen molar-refractivity contribution in [3.8, 4) is 17.2 Å². The summed E-state index contributed by atoms with van der Waals surface area (Å²) in [7, 11) is 0.374. The molecule has 1 N–H and O–H groups in total. The summed E-state index contributed by atoms with van der Waals surface area (Å²) in [4.78, 5) is 11.3. The minimum atomic E-state index is -2.24. The fraction of sp³-hybridized carbons (Fsp3) is 0.311. The Labute approximate surface area is 334 Å². The molecule has 0 aliphatic carbocycles. The summed E-state index contributed by atoms with van der Waals surface area (Å²) in [6, 6.07) is 35.6. The van der Waals surface area contributed by atoms with Crippen LogP contribution in [-0.4, -0.2) is 62.9 Å². The number of hydrogen-bond donors (Lipinski definition) is 1. The fourth-order valence-electron chi connectivity index (χ4n) is 5.69. The first-order chi connectivity index (χ1) is 26.8. The number of methoxy groups -OCH3 is 3. The number of aliphatic hydroxyl groups excluding tert-OH is 1. The fourth-order valence-corrected chi connectivity index (χ4v) is 9.05. The predicted molar refractivity (Wildman–Crippen MR) is 227 cm³/mol. The van der Waals surface area contributed by atoms with E-state index >= 15 is 0 Å². The maximum absolute atomic E-state index is 11.3. The molecule has 0 fully saturated rings. The zero-order valence-electron chi connectivity index (χ0n) is 34.1. The molecule has 0 heterocycles. The van der Waals surface area contributed by atoms with Gasteiger partial charge in [0.1, 0.15) is 23.4 Å². The highest BCUT2D eigenvalue weighted by atomic mass is 28.4. The zero-order valence-corrected chi connectivity index (χ0v) is 36.1. The van der Waals surface area contributed by atoms with Crippen LogP contribution < -0.4 is 24.6 Å². The van der Waals surface area contributed by atoms with Crippen molar-refractivity contribution < 1.29 is 42.4 Å². The van der Waals surface area contributed by atoms with E-state index in [1.165, 1.54) is 11.1 Å². The minimum absolute atomic E-state index is 0.104. The molecule has 1 unspecified atom stereocenters. The van der Waals surface area contributed by atoms with Gasteiger partial charge < -0.3 is 37.6 Å². The highest BCUT2D eigenvalue weighted by molar-refractivity contribution is 6.84. The van der Waals surface area contributed by atoms with Crippen molar-refractivity contribution in [2.45, 2.75) is 59.4 Å². The molecule has 11 heteroatoms. The second-order valence-electron chi connectivity index (χ2n) is 14.5. The lowest BCUT2D eigenvalue weighted by molar-refractivity contribution is 0.0487. The standard InChI is InChI=1S/C26H32O5Si.C19H24O4Si/c1-19-6-8-20(9-7-19)17-31-32(4,5)23-14-15-25(30-18-28-2)24(16-23)26(27)21-10-12-22(29-3)13-11-21;1-15-5-7-16(8-6-15)13-23-24(3,4)18-9-10-19(22-14-21-2)17(11-18)12-20/h6-16,26-27H,17-18H2,1-5H3;5-12H,13-14H2,1-4H3. The third-order valence-electron chi connectivity index (χ3n) is 9.37. The van der Waals surface area contributed by atoms with E-state index in [4.69, 9.17) is 32.5 Å². The van der Waals surface area contributed by atoms with E-state index in [0.717, 1.165) is 39.1 Å². The number of aldehydes is 1. The Morgan fingerprint density at radius 2 is 1.07 bits per heavy atom. The lowest BCUT2D eigenvalue weighted by Gasteiger charge is -2.26. The van der Waals surface area contributed by atoms with Crippen LogP contribution in [0.2, 0.25) is 26.2 Å². The minimum Gasteiger partial charge on any atom is -0.497 e. The normalized spacial score (nSPS) is 12.0. The van der Waals surface area contributed by atoms with E-state index in [9.17, 15) is 9.90 Å². The Bertz CT molecular complexity index is 1960. The molecule has 0 bridgehead atoms. The summed E-state index contributed by atoms with van der Waals surface area (Å²) in [5.41, 5.74) is 6.72. The number of rotatable bonds is 18. The molecule has 0 saturated heterocycles. The smallest absolute Gasteiger partial charge is 0.218 e. The molecule has 5 aromatic carbocycles. The second kappa shape index (κ2) is 21.1. The van der Waals surface area contributed by atoms with Gasteiger partial charge in [-0.25, -0.2) is 0 Å². The summed E-state index contributed by atoms with van der Waals surface area (Å²) in [6.07, 6.45) is -0.0477. The Balaban J connectivity index is 0.000000259. The van der Waals surface area contributed by atoms with E-state index in [0.29, 0.717) is 35.8 Å². The van der Waals surface area contributed by atoms with Crippen molar-refractivity contribution in [2.75, 3.05) is 34.9 Å². The largest absolute Gasteiger partial charge is 0.497 e. The second-order valence-corrected chi connectivity index (χ2v) is 22.2. The molecule has 0 amide bonds. The van der Waals surface area contributed by atoms with Crippen LogP contribution in [0.25, 0.3) is 0 Å². The van der Waals surface area contributed by atoms with Gasteiger partial charge in [0.05, 0.1) is 25.9 Å². The van der Waals surface area contributed by atoms with Gasteiger partial charge in [-0.05, 0) is 97.4 Å². The molecule has 0 radical (unpaired) electrons. The molecule has 0 aliphatic heterocycles. The van der Waals surface area contributed by atoms with E-state index in [2.05, 4.69) is 88.6 Å². The van der Waals surface area contributed by atoms with Crippen LogP contribution in [0.15, 0.2) is 109 Å². The summed E-state index contributed by atoms with van der Waals surface area (Å²) in [5, 5.41) is 13.3. The Morgan fingerprint density at radius 3 is 1.54 bits per heavy atom. The van der Waals surface area contributed by atoms with Gasteiger partial charge in [0.15, 0.2) is 19.9 Å². The van der Waals surface area contributed by atoms with Gasteiger partial charge in [-0.15, -0.1) is 0 Å². The van der Waals surface area contributed by atoms with E-state index in [1.807, 2.05) is 60.7 Å². The molecule has 298 valence electrons. The predicted octanol–water partition coefficient (Wildman–Crippen LogP) is 8.12. The molecular formula is C45H56O9Si2. The average molecular weight is 797 g/mol. The monoisotopic (exact) mass is 796 g/mol. The SMILES string of the molecule is COCOc1ccc([Si](C)(C)OCc2ccc(C)cc2)cc1C(O)c1ccc(OC)cc1.COCOc1ccc([Si](C)(C)OCc2ccc(C)cc2)cc1C=O. The van der Waals surface area contributed by atoms with Crippen LogP contribution in [-0.2, 0) is 31.5 Å². The number of aryl methyl sites for hydroxylation is 2. The lowest BCUT2D eigenvalue weighted by atomic mass is 10.0. The lowest BCUT2D eigenvalue weighted by Crippen LogP contribution is -2.44. The van der Waals surface area contributed by atoms with Gasteiger partial charge in [0.2, 0.25) is 16.6 Å². The quantitative estimate of drug-likeness (QED) is 0.0536. The first-order valence-electron chi connectivity index (χ1n) is 18.5. The summed E-state index contributed by atoms with van der Waals surface area (Å²) in [5.74, 6) is 1.85. The maximum atomic E-state index is 11.3. The van der Waals surface area contributed by atoms with Crippen molar-refractivity contribution >= 4 is 33.3 Å². The first kappa shape index (κ1) is 44.1. The summed E-state index contributed by atoms with van der Waals surface area (Å²) < 4.78 is 39.0. The molecule has 1 atom stereocenters. The van der Waals surface area contributed by atoms with Crippen molar-refractivity contribution in [1.82, 2.24) is 0 Å². The van der Waals surface area contributed by atoms with Crippen LogP contribution in [0.1, 0.15) is 49.8 Å². The maximum Gasteiger partial charge on any atom is 0.218 e. The average Bonchev–Trinajstić information content (AvgIpc) is 3.21. The van der Waals surface area contributed by atoms with Gasteiger partial charge in [-0.2, -0.15) is 0 Å². The van der Waals surface area contributed by atoms with Crippen LogP contribution in [0.4, 0.5) is 0 Å². The molecule has 0 aromatic heterocycles. The van der Waals surface area contributed by atoms with E-state index in [1.54, 1.807) is 21.3 Å². The van der Waals surface area contributed by atoms with Gasteiger partial charge in [0, 0.05) is 19.8 Å². The van der Waals surface area contributed by atoms with Crippen molar-refractivity contribution in [3.05, 3.63) is 148 Å². The summed E-state index contributed by atoms with van der Waals surface area (Å²) in [6.45, 7) is 14.1. The Morgan fingerprint density at radius 1 is 0.607 bits per heavy atom. The molecule has 0 spiro atoms. The van der Waals surface area contributed by atoms with Gasteiger partial charge in [-0.3, -0.25) is 4.79 Å². The number of ether oxygens (including phenoxy) is 5. The third-order valence-corrected chi connectivity index (χ3v) is 14.5. The number of hydrogen-bond acceptors (Lipinski definition) is 9. The molecule has 0 saturated carbocycles. The third kappa shape index (κ3) is 12.7. The first-order valence-corrected chi connectivity index (χ1v) is 24.3. The highest BCUT2D eigenvalue weighted by Gasteiger charge is 2.29. The zero-order chi connectivity index (χ0) is 40.7. The van der Waals surface area contributed by atoms with Gasteiger partial charge in [0.25, 0.3) is 0 Å². The molecule has 0 aliphatic rings. The van der Waals surface area contributed by atoms with Gasteiger partial charge in [-0.1, -0.05) is 90.0 Å². The topological polar surface area (TPSA) is 102 Å². The van der Waals surface area contributed by atoms with Crippen molar-refractivity contribution in [2.24, 2.45) is 0 Å². The van der Waals surface area contributed by atoms with Crippen molar-refractivity contribution in [1.29, 1.82) is 0 Å². The molecule has 5 aromatic rings. The Hall–Kier alpha value is -4.60. The van der Waals surface area contributed by atoms with Crippen LogP contribution in [0.5, 0.6) is 17.2 Å². The molecule has 9 nitrogen and oxygen atoms in total. The number of aliphatic hydroxyl groups is 1.